The number of rotatable bonds is 9. The van der Waals surface area contributed by atoms with Gasteiger partial charge in [-0.25, -0.2) is 0 Å². The monoisotopic (exact) mass is 281 g/mol. The van der Waals surface area contributed by atoms with E-state index in [1.807, 2.05) is 19.2 Å². The molecule has 0 saturated heterocycles. The summed E-state index contributed by atoms with van der Waals surface area (Å²) in [6.07, 6.45) is 0.862. The fraction of sp³-hybridized carbons (Fsp3) is 0.600. The number of methoxy groups -OCH3 is 1. The van der Waals surface area contributed by atoms with E-state index in [-0.39, 0.29) is 6.04 Å². The third kappa shape index (κ3) is 4.10. The lowest BCUT2D eigenvalue weighted by molar-refractivity contribution is 0.0644. The summed E-state index contributed by atoms with van der Waals surface area (Å²) in [4.78, 5) is 0. The van der Waals surface area contributed by atoms with Crippen LogP contribution in [0.2, 0.25) is 0 Å². The van der Waals surface area contributed by atoms with Crippen molar-refractivity contribution in [2.75, 3.05) is 47.2 Å². The summed E-state index contributed by atoms with van der Waals surface area (Å²) in [5.41, 5.74) is 1.20. The SMILES string of the molecule is CNC1COc2cc(OCCCOCCOC)ccc21. The van der Waals surface area contributed by atoms with E-state index in [9.17, 15) is 0 Å². The first kappa shape index (κ1) is 15.1. The highest BCUT2D eigenvalue weighted by atomic mass is 16.5. The molecule has 1 N–H and O–H groups in total. The number of nitrogens with one attached hydrogen (secondary N) is 1. The molecular weight excluding hydrogens is 258 g/mol. The highest BCUT2D eigenvalue weighted by Crippen LogP contribution is 2.34. The van der Waals surface area contributed by atoms with Crippen LogP contribution < -0.4 is 14.8 Å². The van der Waals surface area contributed by atoms with Crippen LogP contribution in [0.15, 0.2) is 18.2 Å². The molecule has 5 heteroatoms. The Morgan fingerprint density at radius 3 is 2.95 bits per heavy atom. The minimum atomic E-state index is 0.285. The summed E-state index contributed by atoms with van der Waals surface area (Å²) in [6, 6.07) is 6.30. The number of ether oxygens (including phenoxy) is 4. The van der Waals surface area contributed by atoms with Crippen LogP contribution in [-0.4, -0.2) is 47.2 Å². The molecule has 0 spiro atoms. The van der Waals surface area contributed by atoms with Crippen LogP contribution in [0.1, 0.15) is 18.0 Å². The van der Waals surface area contributed by atoms with E-state index in [0.717, 1.165) is 17.9 Å². The maximum Gasteiger partial charge on any atom is 0.127 e. The minimum Gasteiger partial charge on any atom is -0.493 e. The Bertz CT molecular complexity index is 411. The lowest BCUT2D eigenvalue weighted by atomic mass is 10.1. The molecule has 0 saturated carbocycles. The third-order valence-corrected chi connectivity index (χ3v) is 3.25. The van der Waals surface area contributed by atoms with Gasteiger partial charge in [-0.15, -0.1) is 0 Å². The second kappa shape index (κ2) is 8.09. The first-order chi connectivity index (χ1) is 9.85. The molecule has 1 unspecified atom stereocenters. The molecule has 1 atom stereocenters. The van der Waals surface area contributed by atoms with Gasteiger partial charge in [-0.3, -0.25) is 0 Å². The van der Waals surface area contributed by atoms with Crippen molar-refractivity contribution in [3.05, 3.63) is 23.8 Å². The quantitative estimate of drug-likeness (QED) is 0.699. The summed E-state index contributed by atoms with van der Waals surface area (Å²) in [6.45, 7) is 3.28. The number of fused-ring (bicyclic) bond motifs is 1. The first-order valence-electron chi connectivity index (χ1n) is 6.98. The van der Waals surface area contributed by atoms with Crippen LogP contribution in [0.5, 0.6) is 11.5 Å². The normalized spacial score (nSPS) is 16.8. The average molecular weight is 281 g/mol. The lowest BCUT2D eigenvalue weighted by Gasteiger charge is -2.09. The van der Waals surface area contributed by atoms with Crippen molar-refractivity contribution in [3.8, 4) is 11.5 Å². The molecule has 0 aliphatic carbocycles. The molecule has 1 aliphatic heterocycles. The van der Waals surface area contributed by atoms with E-state index in [2.05, 4.69) is 11.4 Å². The maximum absolute atomic E-state index is 5.70. The van der Waals surface area contributed by atoms with Crippen molar-refractivity contribution < 1.29 is 18.9 Å². The van der Waals surface area contributed by atoms with Gasteiger partial charge in [-0.05, 0) is 19.2 Å². The van der Waals surface area contributed by atoms with Crippen LogP contribution >= 0.6 is 0 Å². The molecule has 20 heavy (non-hydrogen) atoms. The van der Waals surface area contributed by atoms with Crippen molar-refractivity contribution in [2.24, 2.45) is 0 Å². The summed E-state index contributed by atoms with van der Waals surface area (Å²) >= 11 is 0. The van der Waals surface area contributed by atoms with E-state index < -0.39 is 0 Å². The van der Waals surface area contributed by atoms with Gasteiger partial charge in [0, 0.05) is 31.8 Å². The third-order valence-electron chi connectivity index (χ3n) is 3.25. The van der Waals surface area contributed by atoms with Gasteiger partial charge in [-0.1, -0.05) is 0 Å². The van der Waals surface area contributed by atoms with Gasteiger partial charge in [0.2, 0.25) is 0 Å². The summed E-state index contributed by atoms with van der Waals surface area (Å²) in [5, 5.41) is 3.22. The Morgan fingerprint density at radius 2 is 2.15 bits per heavy atom. The zero-order valence-corrected chi connectivity index (χ0v) is 12.2. The second-order valence-corrected chi connectivity index (χ2v) is 4.66. The standard InChI is InChI=1S/C15H23NO4/c1-16-14-11-20-15-10-12(4-5-13(14)15)19-7-3-6-18-9-8-17-2/h4-5,10,14,16H,3,6-9,11H2,1-2H3. The summed E-state index contributed by atoms with van der Waals surface area (Å²) in [5.74, 6) is 1.76. The topological polar surface area (TPSA) is 49.0 Å². The molecule has 1 heterocycles. The van der Waals surface area contributed by atoms with Crippen molar-refractivity contribution in [1.82, 2.24) is 5.32 Å². The van der Waals surface area contributed by atoms with Gasteiger partial charge >= 0.3 is 0 Å². The second-order valence-electron chi connectivity index (χ2n) is 4.66. The minimum absolute atomic E-state index is 0.285. The van der Waals surface area contributed by atoms with E-state index in [1.165, 1.54) is 5.56 Å². The molecule has 0 fully saturated rings. The Kier molecular flexibility index (Phi) is 6.11. The molecule has 0 aromatic heterocycles. The average Bonchev–Trinajstić information content (AvgIpc) is 2.88. The van der Waals surface area contributed by atoms with Gasteiger partial charge < -0.3 is 24.3 Å². The predicted molar refractivity (Wildman–Crippen MR) is 76.5 cm³/mol. The van der Waals surface area contributed by atoms with Crippen molar-refractivity contribution in [3.63, 3.8) is 0 Å². The molecule has 1 aromatic rings. The van der Waals surface area contributed by atoms with Crippen molar-refractivity contribution in [1.29, 1.82) is 0 Å². The molecule has 112 valence electrons. The van der Waals surface area contributed by atoms with Crippen molar-refractivity contribution in [2.45, 2.75) is 12.5 Å². The van der Waals surface area contributed by atoms with E-state index >= 15 is 0 Å². The summed E-state index contributed by atoms with van der Waals surface area (Å²) < 4.78 is 21.6. The number of likely N-dealkylation sites (N-methyl/N-ethyl adjacent to an activating group) is 1. The molecular formula is C15H23NO4. The smallest absolute Gasteiger partial charge is 0.127 e. The Balaban J connectivity index is 1.69. The van der Waals surface area contributed by atoms with Gasteiger partial charge in [0.25, 0.3) is 0 Å². The highest BCUT2D eigenvalue weighted by molar-refractivity contribution is 5.44. The number of hydrogen-bond donors (Lipinski definition) is 1. The lowest BCUT2D eigenvalue weighted by Crippen LogP contribution is -2.17. The van der Waals surface area contributed by atoms with E-state index in [1.54, 1.807) is 7.11 Å². The van der Waals surface area contributed by atoms with Crippen LogP contribution in [0, 0.1) is 0 Å². The fourth-order valence-corrected chi connectivity index (χ4v) is 2.11. The molecule has 5 nitrogen and oxygen atoms in total. The molecule has 0 amide bonds. The zero-order chi connectivity index (χ0) is 14.2. The van der Waals surface area contributed by atoms with Gasteiger partial charge in [-0.2, -0.15) is 0 Å². The van der Waals surface area contributed by atoms with E-state index in [0.29, 0.717) is 33.0 Å². The Labute approximate surface area is 120 Å². The molecule has 0 radical (unpaired) electrons. The molecule has 1 aromatic carbocycles. The highest BCUT2D eigenvalue weighted by Gasteiger charge is 2.22. The first-order valence-corrected chi connectivity index (χ1v) is 6.98. The predicted octanol–water partition coefficient (Wildman–Crippen LogP) is 1.77. The number of hydrogen-bond acceptors (Lipinski definition) is 5. The van der Waals surface area contributed by atoms with Gasteiger partial charge in [0.05, 0.1) is 25.9 Å². The Hall–Kier alpha value is -1.30. The molecule has 2 rings (SSSR count). The summed E-state index contributed by atoms with van der Waals surface area (Å²) in [7, 11) is 3.61. The largest absolute Gasteiger partial charge is 0.493 e. The van der Waals surface area contributed by atoms with Crippen LogP contribution in [-0.2, 0) is 9.47 Å². The van der Waals surface area contributed by atoms with Crippen molar-refractivity contribution >= 4 is 0 Å². The molecule has 1 aliphatic rings. The van der Waals surface area contributed by atoms with E-state index in [4.69, 9.17) is 18.9 Å². The maximum atomic E-state index is 5.70. The van der Waals surface area contributed by atoms with Crippen LogP contribution in [0.4, 0.5) is 0 Å². The van der Waals surface area contributed by atoms with Crippen LogP contribution in [0.3, 0.4) is 0 Å². The van der Waals surface area contributed by atoms with Crippen LogP contribution in [0.25, 0.3) is 0 Å². The van der Waals surface area contributed by atoms with Gasteiger partial charge in [0.15, 0.2) is 0 Å². The molecule has 0 bridgehead atoms. The fourth-order valence-electron chi connectivity index (χ4n) is 2.11. The van der Waals surface area contributed by atoms with Gasteiger partial charge in [0.1, 0.15) is 18.1 Å². The Morgan fingerprint density at radius 1 is 1.25 bits per heavy atom. The number of benzene rings is 1. The zero-order valence-electron chi connectivity index (χ0n) is 12.2.